The topological polar surface area (TPSA) is 46.3 Å². The fourth-order valence-corrected chi connectivity index (χ4v) is 2.17. The van der Waals surface area contributed by atoms with Crippen LogP contribution in [0.25, 0.3) is 0 Å². The predicted octanol–water partition coefficient (Wildman–Crippen LogP) is 1.49. The van der Waals surface area contributed by atoms with Crippen molar-refractivity contribution in [3.8, 4) is 0 Å². The van der Waals surface area contributed by atoms with Gasteiger partial charge in [0.1, 0.15) is 0 Å². The summed E-state index contributed by atoms with van der Waals surface area (Å²) in [5.74, 6) is 0.165. The van der Waals surface area contributed by atoms with Gasteiger partial charge in [-0.05, 0) is 25.3 Å². The molecule has 2 N–H and O–H groups in total. The average Bonchev–Trinajstić information content (AvgIpc) is 2.65. The van der Waals surface area contributed by atoms with Gasteiger partial charge in [0.2, 0.25) is 5.91 Å². The Morgan fingerprint density at radius 1 is 1.60 bits per heavy atom. The van der Waals surface area contributed by atoms with Crippen LogP contribution in [0, 0.1) is 0 Å². The van der Waals surface area contributed by atoms with Crippen molar-refractivity contribution in [3.05, 3.63) is 22.4 Å². The van der Waals surface area contributed by atoms with E-state index in [0.29, 0.717) is 19.5 Å². The summed E-state index contributed by atoms with van der Waals surface area (Å²) in [5.41, 5.74) is 5.49. The van der Waals surface area contributed by atoms with E-state index in [4.69, 9.17) is 5.73 Å². The summed E-state index contributed by atoms with van der Waals surface area (Å²) >= 11 is 1.62. The van der Waals surface area contributed by atoms with Crippen LogP contribution >= 0.6 is 11.3 Å². The van der Waals surface area contributed by atoms with E-state index in [0.717, 1.165) is 4.88 Å². The minimum absolute atomic E-state index is 0.165. The van der Waals surface area contributed by atoms with E-state index in [-0.39, 0.29) is 11.9 Å². The second kappa shape index (κ2) is 5.88. The number of amides is 1. The molecule has 84 valence electrons. The number of nitrogens with two attached hydrogens (primary N) is 1. The molecule has 3 nitrogen and oxygen atoms in total. The molecular formula is C11H18N2OS. The molecule has 15 heavy (non-hydrogen) atoms. The lowest BCUT2D eigenvalue weighted by Crippen LogP contribution is -2.41. The summed E-state index contributed by atoms with van der Waals surface area (Å²) in [6, 6.07) is 4.18. The molecule has 0 aliphatic rings. The summed E-state index contributed by atoms with van der Waals surface area (Å²) in [7, 11) is 0. The summed E-state index contributed by atoms with van der Waals surface area (Å²) < 4.78 is 0. The quantitative estimate of drug-likeness (QED) is 0.826. The molecule has 1 amide bonds. The van der Waals surface area contributed by atoms with Crippen LogP contribution in [0.1, 0.15) is 18.7 Å². The van der Waals surface area contributed by atoms with Gasteiger partial charge in [0, 0.05) is 24.0 Å². The molecule has 0 bridgehead atoms. The minimum Gasteiger partial charge on any atom is -0.339 e. The molecule has 1 heterocycles. The Morgan fingerprint density at radius 3 is 2.80 bits per heavy atom. The number of thiophene rings is 1. The minimum atomic E-state index is 0.165. The van der Waals surface area contributed by atoms with Crippen molar-refractivity contribution in [3.63, 3.8) is 0 Å². The van der Waals surface area contributed by atoms with Crippen molar-refractivity contribution in [2.24, 2.45) is 5.73 Å². The number of nitrogens with zero attached hydrogens (tertiary/aromatic N) is 1. The van der Waals surface area contributed by atoms with Crippen molar-refractivity contribution in [1.29, 1.82) is 0 Å². The highest BCUT2D eigenvalue weighted by atomic mass is 32.1. The molecule has 4 heteroatoms. The van der Waals surface area contributed by atoms with E-state index >= 15 is 0 Å². The summed E-state index contributed by atoms with van der Waals surface area (Å²) in [6.45, 7) is 5.19. The van der Waals surface area contributed by atoms with Gasteiger partial charge in [-0.2, -0.15) is 0 Å². The third-order valence-corrected chi connectivity index (χ3v) is 3.10. The molecule has 0 aliphatic heterocycles. The van der Waals surface area contributed by atoms with Crippen LogP contribution < -0.4 is 5.73 Å². The first kappa shape index (κ1) is 12.2. The first-order valence-electron chi connectivity index (χ1n) is 5.17. The molecule has 0 aromatic carbocycles. The molecule has 0 fully saturated rings. The first-order valence-corrected chi connectivity index (χ1v) is 6.05. The fourth-order valence-electron chi connectivity index (χ4n) is 1.47. The van der Waals surface area contributed by atoms with Gasteiger partial charge in [-0.15, -0.1) is 11.3 Å². The molecule has 0 aliphatic carbocycles. The Kier molecular flexibility index (Phi) is 4.78. The van der Waals surface area contributed by atoms with Crippen LogP contribution in [0.15, 0.2) is 17.5 Å². The summed E-state index contributed by atoms with van der Waals surface area (Å²) in [4.78, 5) is 14.9. The lowest BCUT2D eigenvalue weighted by atomic mass is 10.2. The second-order valence-corrected chi connectivity index (χ2v) is 4.76. The maximum absolute atomic E-state index is 11.9. The summed E-state index contributed by atoms with van der Waals surface area (Å²) in [5, 5.41) is 1.99. The Bertz CT molecular complexity index is 296. The van der Waals surface area contributed by atoms with E-state index in [2.05, 4.69) is 0 Å². The summed E-state index contributed by atoms with van der Waals surface area (Å²) in [6.07, 6.45) is 0.496. The normalized spacial score (nSPS) is 10.7. The molecule has 0 spiro atoms. The van der Waals surface area contributed by atoms with E-state index in [9.17, 15) is 4.79 Å². The van der Waals surface area contributed by atoms with Gasteiger partial charge in [-0.1, -0.05) is 6.07 Å². The molecule has 0 saturated heterocycles. The van der Waals surface area contributed by atoms with E-state index in [1.165, 1.54) is 0 Å². The monoisotopic (exact) mass is 226 g/mol. The lowest BCUT2D eigenvalue weighted by molar-refractivity contribution is -0.131. The maximum Gasteiger partial charge on any atom is 0.228 e. The van der Waals surface area contributed by atoms with Gasteiger partial charge < -0.3 is 10.6 Å². The Labute approximate surface area is 94.9 Å². The van der Waals surface area contributed by atoms with Crippen LogP contribution in [0.3, 0.4) is 0 Å². The van der Waals surface area contributed by atoms with Crippen LogP contribution in [-0.4, -0.2) is 29.9 Å². The highest BCUT2D eigenvalue weighted by molar-refractivity contribution is 7.10. The van der Waals surface area contributed by atoms with Gasteiger partial charge in [0.05, 0.1) is 6.42 Å². The molecule has 0 atom stereocenters. The van der Waals surface area contributed by atoms with Gasteiger partial charge in [-0.3, -0.25) is 4.79 Å². The molecule has 1 rings (SSSR count). The highest BCUT2D eigenvalue weighted by Gasteiger charge is 2.16. The number of hydrogen-bond donors (Lipinski definition) is 1. The van der Waals surface area contributed by atoms with E-state index < -0.39 is 0 Å². The van der Waals surface area contributed by atoms with Crippen molar-refractivity contribution >= 4 is 17.2 Å². The van der Waals surface area contributed by atoms with Crippen LogP contribution in [0.5, 0.6) is 0 Å². The zero-order valence-electron chi connectivity index (χ0n) is 9.27. The van der Waals surface area contributed by atoms with Gasteiger partial charge in [0.15, 0.2) is 0 Å². The Morgan fingerprint density at radius 2 is 2.33 bits per heavy atom. The Hall–Kier alpha value is -0.870. The second-order valence-electron chi connectivity index (χ2n) is 3.73. The predicted molar refractivity (Wildman–Crippen MR) is 63.9 cm³/mol. The van der Waals surface area contributed by atoms with Crippen molar-refractivity contribution < 1.29 is 4.79 Å². The Balaban J connectivity index is 2.56. The molecule has 1 aromatic heterocycles. The van der Waals surface area contributed by atoms with Crippen LogP contribution in [0.2, 0.25) is 0 Å². The number of hydrogen-bond acceptors (Lipinski definition) is 3. The maximum atomic E-state index is 11.9. The van der Waals surface area contributed by atoms with Crippen LogP contribution in [-0.2, 0) is 11.2 Å². The lowest BCUT2D eigenvalue weighted by Gasteiger charge is -2.26. The van der Waals surface area contributed by atoms with Gasteiger partial charge >= 0.3 is 0 Å². The molecule has 1 aromatic rings. The third-order valence-electron chi connectivity index (χ3n) is 2.22. The molecular weight excluding hydrogens is 208 g/mol. The zero-order valence-corrected chi connectivity index (χ0v) is 10.1. The van der Waals surface area contributed by atoms with Gasteiger partial charge in [0.25, 0.3) is 0 Å². The smallest absolute Gasteiger partial charge is 0.228 e. The van der Waals surface area contributed by atoms with E-state index in [1.807, 2.05) is 36.3 Å². The number of rotatable bonds is 5. The van der Waals surface area contributed by atoms with Crippen molar-refractivity contribution in [2.45, 2.75) is 26.3 Å². The SMILES string of the molecule is CC(C)N(CCN)C(=O)Cc1cccs1. The largest absolute Gasteiger partial charge is 0.339 e. The third kappa shape index (κ3) is 3.64. The van der Waals surface area contributed by atoms with E-state index in [1.54, 1.807) is 11.3 Å². The fraction of sp³-hybridized carbons (Fsp3) is 0.545. The van der Waals surface area contributed by atoms with Crippen molar-refractivity contribution in [1.82, 2.24) is 4.90 Å². The van der Waals surface area contributed by atoms with Gasteiger partial charge in [-0.25, -0.2) is 0 Å². The van der Waals surface area contributed by atoms with Crippen molar-refractivity contribution in [2.75, 3.05) is 13.1 Å². The first-order chi connectivity index (χ1) is 7.15. The van der Waals surface area contributed by atoms with Crippen LogP contribution in [0.4, 0.5) is 0 Å². The average molecular weight is 226 g/mol. The number of carbonyl (C=O) groups excluding carboxylic acids is 1. The zero-order chi connectivity index (χ0) is 11.3. The number of carbonyl (C=O) groups is 1. The molecule has 0 radical (unpaired) electrons. The standard InChI is InChI=1S/C11H18N2OS/c1-9(2)13(6-5-12)11(14)8-10-4-3-7-15-10/h3-4,7,9H,5-6,8,12H2,1-2H3. The molecule has 0 saturated carbocycles. The molecule has 0 unspecified atom stereocenters. The highest BCUT2D eigenvalue weighted by Crippen LogP contribution is 2.11.